The molecule has 2 aliphatic carbocycles. The van der Waals surface area contributed by atoms with Gasteiger partial charge in [-0.2, -0.15) is 17.5 Å². The van der Waals surface area contributed by atoms with Gasteiger partial charge >= 0.3 is 12.1 Å². The van der Waals surface area contributed by atoms with Crippen LogP contribution in [0.3, 0.4) is 0 Å². The second-order valence-electron chi connectivity index (χ2n) is 9.15. The van der Waals surface area contributed by atoms with Crippen molar-refractivity contribution in [1.29, 1.82) is 0 Å². The molecule has 4 fully saturated rings. The van der Waals surface area contributed by atoms with Crippen LogP contribution in [0.25, 0.3) is 0 Å². The fraction of sp³-hybridized carbons (Fsp3) is 0.947. The van der Waals surface area contributed by atoms with Crippen molar-refractivity contribution in [3.05, 3.63) is 0 Å². The zero-order valence-corrected chi connectivity index (χ0v) is 18.1. The fourth-order valence-corrected chi connectivity index (χ4v) is 6.67. The lowest BCUT2D eigenvalue weighted by molar-refractivity contribution is -0.192. The molecule has 1 unspecified atom stereocenters. The van der Waals surface area contributed by atoms with Crippen molar-refractivity contribution in [2.24, 2.45) is 11.3 Å². The molecule has 2 heterocycles. The summed E-state index contributed by atoms with van der Waals surface area (Å²) >= 11 is 0. The SMILES string of the molecule is COCC1CC2(CCN(CC3CC3)CC2)CN1S(=O)(=O)C1CC1.O=C(O)C(F)(F)F. The van der Waals surface area contributed by atoms with Crippen LogP contribution in [0.2, 0.25) is 0 Å². The second-order valence-corrected chi connectivity index (χ2v) is 11.3. The first kappa shape index (κ1) is 23.7. The number of carbonyl (C=O) groups is 1. The molecule has 0 aromatic rings. The van der Waals surface area contributed by atoms with Crippen LogP contribution in [0, 0.1) is 11.3 Å². The summed E-state index contributed by atoms with van der Waals surface area (Å²) in [6.45, 7) is 4.83. The number of piperidine rings is 1. The third-order valence-corrected chi connectivity index (χ3v) is 8.97. The van der Waals surface area contributed by atoms with Crippen molar-refractivity contribution in [1.82, 2.24) is 9.21 Å². The molecule has 0 radical (unpaired) electrons. The van der Waals surface area contributed by atoms with Crippen molar-refractivity contribution >= 4 is 16.0 Å². The van der Waals surface area contributed by atoms with E-state index in [0.29, 0.717) is 6.61 Å². The van der Waals surface area contributed by atoms with E-state index in [9.17, 15) is 21.6 Å². The summed E-state index contributed by atoms with van der Waals surface area (Å²) < 4.78 is 64.5. The second kappa shape index (κ2) is 8.91. The number of nitrogens with zero attached hydrogens (tertiary/aromatic N) is 2. The monoisotopic (exact) mass is 456 g/mol. The molecule has 174 valence electrons. The molecular formula is C19H31F3N2O5S. The van der Waals surface area contributed by atoms with Gasteiger partial charge in [-0.15, -0.1) is 0 Å². The highest BCUT2D eigenvalue weighted by molar-refractivity contribution is 7.90. The van der Waals surface area contributed by atoms with E-state index in [-0.39, 0.29) is 16.7 Å². The van der Waals surface area contributed by atoms with Crippen LogP contribution in [0.5, 0.6) is 0 Å². The van der Waals surface area contributed by atoms with Crippen LogP contribution in [-0.4, -0.2) is 86.1 Å². The molecule has 2 saturated carbocycles. The third-order valence-electron chi connectivity index (χ3n) is 6.57. The Morgan fingerprint density at radius 3 is 2.17 bits per heavy atom. The molecule has 2 saturated heterocycles. The van der Waals surface area contributed by atoms with Crippen LogP contribution < -0.4 is 0 Å². The molecule has 0 amide bonds. The molecule has 1 atom stereocenters. The van der Waals surface area contributed by atoms with E-state index in [1.165, 1.54) is 19.4 Å². The Bertz CT molecular complexity index is 714. The summed E-state index contributed by atoms with van der Waals surface area (Å²) in [5.74, 6) is -1.81. The van der Waals surface area contributed by atoms with Gasteiger partial charge in [0.25, 0.3) is 0 Å². The maximum absolute atomic E-state index is 12.8. The number of carboxylic acids is 1. The lowest BCUT2D eigenvalue weighted by Gasteiger charge is -2.39. The van der Waals surface area contributed by atoms with Gasteiger partial charge < -0.3 is 14.7 Å². The number of methoxy groups -OCH3 is 1. The van der Waals surface area contributed by atoms with Crippen molar-refractivity contribution < 1.29 is 36.2 Å². The topological polar surface area (TPSA) is 87.2 Å². The Hall–Kier alpha value is -0.910. The average Bonchev–Trinajstić information content (AvgIpc) is 3.56. The van der Waals surface area contributed by atoms with Gasteiger partial charge in [0.1, 0.15) is 0 Å². The standard InChI is InChI=1S/C17H30N2O3S.C2HF3O2/c1-22-12-15-10-17(13-19(15)23(20,21)16-4-5-16)6-8-18(9-7-17)11-14-2-3-14;3-2(4,5)1(6)7/h14-16H,2-13H2,1H3;(H,6,7). The summed E-state index contributed by atoms with van der Waals surface area (Å²) in [4.78, 5) is 11.5. The van der Waals surface area contributed by atoms with Gasteiger partial charge in [0.05, 0.1) is 11.9 Å². The smallest absolute Gasteiger partial charge is 0.475 e. The quantitative estimate of drug-likeness (QED) is 0.660. The minimum Gasteiger partial charge on any atom is -0.475 e. The Morgan fingerprint density at radius 2 is 1.73 bits per heavy atom. The van der Waals surface area contributed by atoms with Crippen LogP contribution in [0.15, 0.2) is 0 Å². The summed E-state index contributed by atoms with van der Waals surface area (Å²) in [5.41, 5.74) is 0.200. The molecule has 0 aromatic heterocycles. The van der Waals surface area contributed by atoms with Gasteiger partial charge in [-0.25, -0.2) is 13.2 Å². The van der Waals surface area contributed by atoms with Gasteiger partial charge in [0.2, 0.25) is 10.0 Å². The zero-order valence-electron chi connectivity index (χ0n) is 17.2. The number of alkyl halides is 3. The van der Waals surface area contributed by atoms with Crippen LogP contribution in [0.4, 0.5) is 13.2 Å². The third kappa shape index (κ3) is 5.86. The van der Waals surface area contributed by atoms with E-state index >= 15 is 0 Å². The lowest BCUT2D eigenvalue weighted by atomic mass is 9.76. The highest BCUT2D eigenvalue weighted by Gasteiger charge is 2.52. The molecule has 1 spiro atoms. The molecule has 2 aliphatic heterocycles. The summed E-state index contributed by atoms with van der Waals surface area (Å²) in [6, 6.07) is 0.0561. The van der Waals surface area contributed by atoms with E-state index in [1.54, 1.807) is 7.11 Å². The van der Waals surface area contributed by atoms with Gasteiger partial charge in [0, 0.05) is 26.2 Å². The van der Waals surface area contributed by atoms with Crippen LogP contribution in [0.1, 0.15) is 44.9 Å². The number of sulfonamides is 1. The number of hydrogen-bond acceptors (Lipinski definition) is 5. The molecule has 0 aromatic carbocycles. The maximum Gasteiger partial charge on any atom is 0.490 e. The molecule has 4 rings (SSSR count). The summed E-state index contributed by atoms with van der Waals surface area (Å²) in [6.07, 6.45) is 2.72. The largest absolute Gasteiger partial charge is 0.490 e. The van der Waals surface area contributed by atoms with Gasteiger partial charge in [-0.05, 0) is 69.4 Å². The molecule has 0 bridgehead atoms. The number of likely N-dealkylation sites (tertiary alicyclic amines) is 1. The average molecular weight is 457 g/mol. The number of ether oxygens (including phenoxy) is 1. The van der Waals surface area contributed by atoms with E-state index in [4.69, 9.17) is 14.6 Å². The molecule has 7 nitrogen and oxygen atoms in total. The summed E-state index contributed by atoms with van der Waals surface area (Å²) in [5, 5.41) is 7.02. The number of rotatable bonds is 6. The van der Waals surface area contributed by atoms with Crippen LogP contribution in [-0.2, 0) is 19.6 Å². The highest BCUT2D eigenvalue weighted by Crippen LogP contribution is 2.47. The van der Waals surface area contributed by atoms with Gasteiger partial charge in [-0.3, -0.25) is 0 Å². The van der Waals surface area contributed by atoms with Crippen molar-refractivity contribution in [2.45, 2.75) is 62.4 Å². The van der Waals surface area contributed by atoms with E-state index in [2.05, 4.69) is 4.90 Å². The van der Waals surface area contributed by atoms with Crippen molar-refractivity contribution in [2.75, 3.05) is 39.9 Å². The molecule has 11 heteroatoms. The molecular weight excluding hydrogens is 425 g/mol. The van der Waals surface area contributed by atoms with Crippen molar-refractivity contribution in [3.8, 4) is 0 Å². The summed E-state index contributed by atoms with van der Waals surface area (Å²) in [7, 11) is -1.41. The first-order valence-corrected chi connectivity index (χ1v) is 12.0. The fourth-order valence-electron chi connectivity index (χ4n) is 4.55. The Balaban J connectivity index is 0.000000318. The normalized spacial score (nSPS) is 27.7. The minimum atomic E-state index is -5.08. The Labute approximate surface area is 175 Å². The first-order valence-electron chi connectivity index (χ1n) is 10.5. The minimum absolute atomic E-state index is 0.0561. The number of aliphatic carboxylic acids is 1. The molecule has 1 N–H and O–H groups in total. The predicted octanol–water partition coefficient (Wildman–Crippen LogP) is 2.32. The highest BCUT2D eigenvalue weighted by atomic mass is 32.2. The van der Waals surface area contributed by atoms with Crippen LogP contribution >= 0.6 is 0 Å². The van der Waals surface area contributed by atoms with E-state index < -0.39 is 22.2 Å². The zero-order chi connectivity index (χ0) is 22.2. The van der Waals surface area contributed by atoms with Gasteiger partial charge in [-0.1, -0.05) is 0 Å². The Morgan fingerprint density at radius 1 is 1.17 bits per heavy atom. The Kier molecular flexibility index (Phi) is 7.06. The molecule has 4 aliphatic rings. The van der Waals surface area contributed by atoms with E-state index in [1.807, 2.05) is 4.31 Å². The first-order chi connectivity index (χ1) is 14.0. The number of carboxylic acid groups (broad SMARTS) is 1. The maximum atomic E-state index is 12.8. The van der Waals surface area contributed by atoms with Crippen molar-refractivity contribution in [3.63, 3.8) is 0 Å². The predicted molar refractivity (Wildman–Crippen MR) is 103 cm³/mol. The number of halogens is 3. The number of hydrogen-bond donors (Lipinski definition) is 1. The van der Waals surface area contributed by atoms with Gasteiger partial charge in [0.15, 0.2) is 0 Å². The molecule has 30 heavy (non-hydrogen) atoms. The lowest BCUT2D eigenvalue weighted by Crippen LogP contribution is -2.43. The van der Waals surface area contributed by atoms with E-state index in [0.717, 1.165) is 57.7 Å².